The third-order valence-corrected chi connectivity index (χ3v) is 5.74. The van der Waals surface area contributed by atoms with Gasteiger partial charge in [0.25, 0.3) is 0 Å². The number of anilines is 2. The van der Waals surface area contributed by atoms with E-state index in [9.17, 15) is 17.2 Å². The van der Waals surface area contributed by atoms with E-state index >= 15 is 0 Å². The third kappa shape index (κ3) is 5.12. The number of rotatable bonds is 8. The summed E-state index contributed by atoms with van der Waals surface area (Å²) in [6.45, 7) is 0. The Bertz CT molecular complexity index is 1040. The summed E-state index contributed by atoms with van der Waals surface area (Å²) in [4.78, 5) is 3.94. The van der Waals surface area contributed by atoms with Crippen LogP contribution in [0.4, 0.5) is 20.2 Å². The summed E-state index contributed by atoms with van der Waals surface area (Å²) in [5.41, 5.74) is 5.38. The van der Waals surface area contributed by atoms with Crippen LogP contribution >= 0.6 is 0 Å². The number of halogens is 2. The van der Waals surface area contributed by atoms with Crippen molar-refractivity contribution in [3.63, 3.8) is 0 Å². The Morgan fingerprint density at radius 3 is 2.76 bits per heavy atom. The fraction of sp³-hybridized carbons (Fsp3) is 0.278. The zero-order valence-corrected chi connectivity index (χ0v) is 16.4. The van der Waals surface area contributed by atoms with E-state index in [4.69, 9.17) is 16.3 Å². The third-order valence-electron chi connectivity index (χ3n) is 4.30. The van der Waals surface area contributed by atoms with Gasteiger partial charge < -0.3 is 10.5 Å². The van der Waals surface area contributed by atoms with E-state index in [1.54, 1.807) is 6.07 Å². The number of aromatic nitrogens is 1. The Labute approximate surface area is 167 Å². The van der Waals surface area contributed by atoms with Gasteiger partial charge in [-0.05, 0) is 37.0 Å². The number of hydrogen-bond donors (Lipinski definition) is 3. The van der Waals surface area contributed by atoms with E-state index in [-0.39, 0.29) is 17.4 Å². The number of nitrogens with two attached hydrogens (primary N) is 2. The maximum atomic E-state index is 14.8. The van der Waals surface area contributed by atoms with Crippen molar-refractivity contribution in [3.8, 4) is 5.75 Å². The van der Waals surface area contributed by atoms with E-state index < -0.39 is 33.0 Å². The number of ether oxygens (including phenoxy) is 1. The summed E-state index contributed by atoms with van der Waals surface area (Å²) < 4.78 is 60.6. The highest BCUT2D eigenvalue weighted by molar-refractivity contribution is 7.92. The summed E-state index contributed by atoms with van der Waals surface area (Å²) in [6.07, 6.45) is 5.63. The molecule has 0 saturated heterocycles. The van der Waals surface area contributed by atoms with Crippen LogP contribution in [-0.4, -0.2) is 26.3 Å². The van der Waals surface area contributed by atoms with Crippen LogP contribution in [0.5, 0.6) is 5.75 Å². The van der Waals surface area contributed by atoms with Crippen molar-refractivity contribution in [1.82, 2.24) is 4.98 Å². The molecule has 1 aliphatic carbocycles. The highest BCUT2D eigenvalue weighted by atomic mass is 32.2. The number of sulfonamides is 1. The van der Waals surface area contributed by atoms with Crippen molar-refractivity contribution in [3.05, 3.63) is 54.0 Å². The summed E-state index contributed by atoms with van der Waals surface area (Å²) >= 11 is 0. The second kappa shape index (κ2) is 8.21. The molecular weight excluding hydrogens is 404 g/mol. The largest absolute Gasteiger partial charge is 0.495 e. The predicted octanol–water partition coefficient (Wildman–Crippen LogP) is 2.16. The lowest BCUT2D eigenvalue weighted by atomic mass is 10.2. The Hall–Kier alpha value is -2.92. The highest BCUT2D eigenvalue weighted by Crippen LogP contribution is 2.33. The van der Waals surface area contributed by atoms with Crippen molar-refractivity contribution < 1.29 is 21.9 Å². The van der Waals surface area contributed by atoms with Gasteiger partial charge in [-0.2, -0.15) is 0 Å². The van der Waals surface area contributed by atoms with Crippen LogP contribution in [0.2, 0.25) is 0 Å². The Morgan fingerprint density at radius 2 is 2.10 bits per heavy atom. The van der Waals surface area contributed by atoms with Crippen molar-refractivity contribution in [2.24, 2.45) is 17.5 Å². The van der Waals surface area contributed by atoms with Crippen LogP contribution in [0.3, 0.4) is 0 Å². The molecule has 8 nitrogen and oxygen atoms in total. The first-order valence-electron chi connectivity index (χ1n) is 8.69. The molecule has 1 aromatic carbocycles. The standard InChI is InChI=1S/C18H21F2N5O3S/c1-28-13-6-12(7-23-8-13)15(21)9-25(22)18-14(19)4-5-16(17(18)20)24-29(26,27)10-11-2-3-11/h4-9,11,24H,2-3,10,21-22H2,1H3/b15-9-. The molecule has 0 bridgehead atoms. The van der Waals surface area contributed by atoms with E-state index in [2.05, 4.69) is 9.71 Å². The monoisotopic (exact) mass is 425 g/mol. The average molecular weight is 425 g/mol. The molecule has 1 fully saturated rings. The van der Waals surface area contributed by atoms with Gasteiger partial charge >= 0.3 is 0 Å². The van der Waals surface area contributed by atoms with Gasteiger partial charge in [-0.3, -0.25) is 14.7 Å². The topological polar surface area (TPSA) is 124 Å². The number of hydrazine groups is 1. The lowest BCUT2D eigenvalue weighted by Gasteiger charge is -2.19. The van der Waals surface area contributed by atoms with Crippen molar-refractivity contribution >= 4 is 27.1 Å². The van der Waals surface area contributed by atoms with Gasteiger partial charge in [0, 0.05) is 18.0 Å². The first kappa shape index (κ1) is 20.8. The lowest BCUT2D eigenvalue weighted by Crippen LogP contribution is -2.28. The number of methoxy groups -OCH3 is 1. The number of nitrogens with zero attached hydrogens (tertiary/aromatic N) is 2. The molecule has 29 heavy (non-hydrogen) atoms. The van der Waals surface area contributed by atoms with Crippen LogP contribution in [-0.2, 0) is 10.0 Å². The van der Waals surface area contributed by atoms with E-state index in [0.717, 1.165) is 31.2 Å². The quantitative estimate of drug-likeness (QED) is 0.437. The lowest BCUT2D eigenvalue weighted by molar-refractivity contribution is 0.412. The van der Waals surface area contributed by atoms with Crippen molar-refractivity contribution in [2.45, 2.75) is 12.8 Å². The van der Waals surface area contributed by atoms with Gasteiger partial charge in [0.2, 0.25) is 10.0 Å². The number of hydrogen-bond acceptors (Lipinski definition) is 7. The zero-order chi connectivity index (χ0) is 21.2. The molecule has 0 atom stereocenters. The van der Waals surface area contributed by atoms with Crippen LogP contribution in [0.1, 0.15) is 18.4 Å². The Morgan fingerprint density at radius 1 is 1.38 bits per heavy atom. The first-order chi connectivity index (χ1) is 13.7. The summed E-state index contributed by atoms with van der Waals surface area (Å²) in [6, 6.07) is 3.50. The maximum absolute atomic E-state index is 14.8. The second-order valence-corrected chi connectivity index (χ2v) is 8.46. The second-order valence-electron chi connectivity index (χ2n) is 6.69. The molecule has 0 aliphatic heterocycles. The SMILES string of the molecule is COc1cncc(/C(N)=C/N(N)c2c(F)ccc(NS(=O)(=O)CC3CC3)c2F)c1. The molecule has 0 unspecified atom stereocenters. The molecule has 1 aliphatic rings. The minimum absolute atomic E-state index is 0.0671. The molecule has 0 amide bonds. The van der Waals surface area contributed by atoms with Crippen molar-refractivity contribution in [2.75, 3.05) is 22.6 Å². The van der Waals surface area contributed by atoms with Gasteiger partial charge in [0.1, 0.15) is 11.4 Å². The van der Waals surface area contributed by atoms with Crippen LogP contribution in [0.15, 0.2) is 36.8 Å². The molecule has 1 aromatic heterocycles. The zero-order valence-electron chi connectivity index (χ0n) is 15.6. The summed E-state index contributed by atoms with van der Waals surface area (Å²) in [5.74, 6) is 4.06. The summed E-state index contributed by atoms with van der Waals surface area (Å²) in [7, 11) is -2.30. The van der Waals surface area contributed by atoms with Gasteiger partial charge in [-0.15, -0.1) is 0 Å². The highest BCUT2D eigenvalue weighted by Gasteiger charge is 2.29. The molecule has 0 radical (unpaired) electrons. The molecule has 2 aromatic rings. The molecule has 3 rings (SSSR count). The van der Waals surface area contributed by atoms with Gasteiger partial charge in [-0.1, -0.05) is 0 Å². The van der Waals surface area contributed by atoms with Gasteiger partial charge in [-0.25, -0.2) is 23.0 Å². The van der Waals surface area contributed by atoms with Gasteiger partial charge in [0.05, 0.1) is 30.4 Å². The fourth-order valence-corrected chi connectivity index (χ4v) is 4.17. The molecule has 156 valence electrons. The van der Waals surface area contributed by atoms with E-state index in [0.29, 0.717) is 16.3 Å². The minimum atomic E-state index is -3.76. The predicted molar refractivity (Wildman–Crippen MR) is 106 cm³/mol. The number of nitrogens with one attached hydrogen (secondary N) is 1. The van der Waals surface area contributed by atoms with Crippen LogP contribution < -0.4 is 26.0 Å². The molecule has 11 heteroatoms. The summed E-state index contributed by atoms with van der Waals surface area (Å²) in [5, 5.41) is 0.651. The molecule has 5 N–H and O–H groups in total. The van der Waals surface area contributed by atoms with Crippen molar-refractivity contribution in [1.29, 1.82) is 0 Å². The first-order valence-corrected chi connectivity index (χ1v) is 10.3. The average Bonchev–Trinajstić information content (AvgIpc) is 3.47. The van der Waals surface area contributed by atoms with Crippen LogP contribution in [0, 0.1) is 17.6 Å². The Balaban J connectivity index is 1.88. The molecule has 1 heterocycles. The smallest absolute Gasteiger partial charge is 0.233 e. The molecular formula is C18H21F2N5O3S. The molecule has 0 spiro atoms. The normalized spacial score (nSPS) is 14.6. The van der Waals surface area contributed by atoms with Gasteiger partial charge in [0.15, 0.2) is 11.6 Å². The maximum Gasteiger partial charge on any atom is 0.233 e. The number of benzene rings is 1. The van der Waals surface area contributed by atoms with E-state index in [1.807, 2.05) is 0 Å². The van der Waals surface area contributed by atoms with E-state index in [1.165, 1.54) is 19.5 Å². The number of pyridine rings is 1. The Kier molecular flexibility index (Phi) is 5.89. The molecule has 1 saturated carbocycles. The van der Waals surface area contributed by atoms with Crippen LogP contribution in [0.25, 0.3) is 5.70 Å². The minimum Gasteiger partial charge on any atom is -0.495 e. The fourth-order valence-electron chi connectivity index (χ4n) is 2.64.